The van der Waals surface area contributed by atoms with Gasteiger partial charge >= 0.3 is 0 Å². The molecule has 3 N–H and O–H groups in total. The minimum atomic E-state index is -0.962. The Balaban J connectivity index is 0.000000108. The van der Waals surface area contributed by atoms with Crippen LogP contribution in [0.5, 0.6) is 0 Å². The summed E-state index contributed by atoms with van der Waals surface area (Å²) in [6.45, 7) is 23.6. The summed E-state index contributed by atoms with van der Waals surface area (Å²) in [7, 11) is 4.88. The largest absolute Gasteiger partial charge is 0.390 e. The van der Waals surface area contributed by atoms with Crippen LogP contribution >= 0.6 is 0 Å². The Kier molecular flexibility index (Phi) is 13.0. The van der Waals surface area contributed by atoms with Gasteiger partial charge < -0.3 is 72.2 Å². The number of methoxy groups -OCH3 is 3. The van der Waals surface area contributed by atoms with E-state index in [9.17, 15) is 44.1 Å². The molecule has 9 saturated heterocycles. The molecule has 90 heavy (non-hydrogen) atoms. The highest BCUT2D eigenvalue weighted by Gasteiger charge is 2.85. The molecule has 0 amide bonds. The molecular weight excluding hydrogens is 1160 g/mol. The summed E-state index contributed by atoms with van der Waals surface area (Å²) in [6, 6.07) is 0. The Hall–Kier alpha value is -4.14. The fourth-order valence-electron chi connectivity index (χ4n) is 20.7. The highest BCUT2D eigenvalue weighted by atomic mass is 16.7. The van der Waals surface area contributed by atoms with Crippen LogP contribution in [0, 0.1) is 69.5 Å². The smallest absolute Gasteiger partial charge is 0.190 e. The molecule has 9 aliphatic heterocycles. The number of epoxide rings is 6. The average Bonchev–Trinajstić information content (AvgIpc) is 1.55. The second-order valence-electron chi connectivity index (χ2n) is 31.3. The summed E-state index contributed by atoms with van der Waals surface area (Å²) in [6.07, 6.45) is 1.24. The van der Waals surface area contributed by atoms with Crippen molar-refractivity contribution in [1.82, 2.24) is 0 Å². The number of allylic oxidation sites excluding steroid dienone is 3. The molecule has 0 aromatic carbocycles. The van der Waals surface area contributed by atoms with Crippen LogP contribution in [0.1, 0.15) is 83.1 Å². The first-order chi connectivity index (χ1) is 42.4. The molecule has 6 saturated carbocycles. The predicted molar refractivity (Wildman–Crippen MR) is 311 cm³/mol. The van der Waals surface area contributed by atoms with Gasteiger partial charge in [0.2, 0.25) is 0 Å². The van der Waals surface area contributed by atoms with Gasteiger partial charge in [-0.2, -0.15) is 0 Å². The second kappa shape index (κ2) is 19.3. The molecule has 0 spiro atoms. The number of aliphatic hydroxyl groups excluding tert-OH is 3. The van der Waals surface area contributed by atoms with Gasteiger partial charge in [-0.3, -0.25) is 28.8 Å². The molecule has 18 rings (SSSR count). The van der Waals surface area contributed by atoms with E-state index in [1.807, 2.05) is 120 Å². The number of Topliss-reactive ketones (excluding diaryl/α,β-unsaturated/α-hetero) is 6. The van der Waals surface area contributed by atoms with Gasteiger partial charge in [-0.25, -0.2) is 0 Å². The molecule has 33 atom stereocenters. The van der Waals surface area contributed by atoms with Crippen LogP contribution in [-0.2, 0) is 85.6 Å². The normalized spacial score (nSPS) is 52.5. The maximum Gasteiger partial charge on any atom is 0.190 e. The lowest BCUT2D eigenvalue weighted by Crippen LogP contribution is -2.65. The summed E-state index contributed by atoms with van der Waals surface area (Å²) in [5.74, 6) is -3.99. The van der Waals surface area contributed by atoms with E-state index < -0.39 is 160 Å². The van der Waals surface area contributed by atoms with Crippen molar-refractivity contribution in [3.05, 3.63) is 69.9 Å². The lowest BCUT2D eigenvalue weighted by molar-refractivity contribution is -0.155. The van der Waals surface area contributed by atoms with Crippen molar-refractivity contribution in [3.8, 4) is 0 Å². The van der Waals surface area contributed by atoms with Crippen molar-refractivity contribution in [1.29, 1.82) is 0 Å². The van der Waals surface area contributed by atoms with Crippen molar-refractivity contribution >= 4 is 34.7 Å². The van der Waals surface area contributed by atoms with E-state index in [-0.39, 0.29) is 89.1 Å². The number of hydrogen-bond donors (Lipinski definition) is 3. The molecule has 15 fully saturated rings. The van der Waals surface area contributed by atoms with Crippen LogP contribution in [0.3, 0.4) is 0 Å². The molecular formula is C69H84O21. The molecule has 21 heteroatoms. The number of rotatable bonds is 9. The van der Waals surface area contributed by atoms with Gasteiger partial charge in [-0.05, 0) is 83.1 Å². The standard InChI is InChI=1S/3C23H28O7/c3*1-8(2)6-11-23-10(22(3,4)27-5)7-9-12(15(25)18-17(29-18)14(9)24)13(23)16(28-11)19-20(30-19)21(23)26/h3*6-7,10-13,15-20,25H,1-5H3/t3*10-,11-,12-,13-,15-,16-,17-,18+,19+,20+,23+/m111/s1. The highest BCUT2D eigenvalue weighted by molar-refractivity contribution is 6.07. The predicted octanol–water partition coefficient (Wildman–Crippen LogP) is 2.94. The fourth-order valence-corrected chi connectivity index (χ4v) is 20.7. The van der Waals surface area contributed by atoms with Crippen molar-refractivity contribution in [2.45, 2.75) is 228 Å². The summed E-state index contributed by atoms with van der Waals surface area (Å²) in [5, 5.41) is 33.5. The van der Waals surface area contributed by atoms with Crippen LogP contribution in [-0.4, -0.2) is 216 Å². The molecule has 9 heterocycles. The lowest BCUT2D eigenvalue weighted by Gasteiger charge is -2.55. The number of carbonyl (C=O) groups is 6. The molecule has 0 unspecified atom stereocenters. The van der Waals surface area contributed by atoms with Crippen LogP contribution in [0.25, 0.3) is 0 Å². The third-order valence-electron chi connectivity index (χ3n) is 25.1. The van der Waals surface area contributed by atoms with Gasteiger partial charge in [-0.15, -0.1) is 0 Å². The zero-order chi connectivity index (χ0) is 64.0. The zero-order valence-corrected chi connectivity index (χ0v) is 53.5. The minimum absolute atomic E-state index is 0.0117. The van der Waals surface area contributed by atoms with Crippen molar-refractivity contribution in [2.75, 3.05) is 21.3 Å². The Morgan fingerprint density at radius 3 is 0.833 bits per heavy atom. The number of ether oxygens (including phenoxy) is 12. The molecule has 0 aromatic rings. The maximum absolute atomic E-state index is 14.0. The molecule has 486 valence electrons. The van der Waals surface area contributed by atoms with E-state index in [1.165, 1.54) is 0 Å². The molecule has 6 bridgehead atoms. The Labute approximate surface area is 522 Å². The molecule has 0 aromatic heterocycles. The van der Waals surface area contributed by atoms with Crippen molar-refractivity contribution < 1.29 is 101 Å². The Morgan fingerprint density at radius 1 is 0.378 bits per heavy atom. The van der Waals surface area contributed by atoms with Crippen molar-refractivity contribution in [2.24, 2.45) is 69.5 Å². The average molecular weight is 1250 g/mol. The Morgan fingerprint density at radius 2 is 0.611 bits per heavy atom. The van der Waals surface area contributed by atoms with E-state index in [2.05, 4.69) is 0 Å². The number of ketones is 6. The van der Waals surface area contributed by atoms with Gasteiger partial charge in [0, 0.05) is 91.3 Å². The quantitative estimate of drug-likeness (QED) is 0.221. The monoisotopic (exact) mass is 1250 g/mol. The van der Waals surface area contributed by atoms with Crippen LogP contribution in [0.15, 0.2) is 69.9 Å². The first-order valence-electron chi connectivity index (χ1n) is 32.4. The van der Waals surface area contributed by atoms with Crippen LogP contribution in [0.4, 0.5) is 0 Å². The van der Waals surface area contributed by atoms with Gasteiger partial charge in [0.05, 0.1) is 88.0 Å². The molecule has 9 aliphatic carbocycles. The molecule has 18 aliphatic rings. The minimum Gasteiger partial charge on any atom is -0.390 e. The number of fused-ring (bicyclic) bond motifs is 12. The molecule has 21 nitrogen and oxygen atoms in total. The van der Waals surface area contributed by atoms with E-state index >= 15 is 0 Å². The fraction of sp³-hybridized carbons (Fsp3) is 0.739. The van der Waals surface area contributed by atoms with E-state index in [0.717, 1.165) is 16.7 Å². The summed E-state index contributed by atoms with van der Waals surface area (Å²) >= 11 is 0. The van der Waals surface area contributed by atoms with Gasteiger partial charge in [0.25, 0.3) is 0 Å². The topological polar surface area (TPSA) is 294 Å². The zero-order valence-electron chi connectivity index (χ0n) is 53.5. The highest BCUT2D eigenvalue weighted by Crippen LogP contribution is 2.73. The second-order valence-corrected chi connectivity index (χ2v) is 31.3. The SMILES string of the molecule is COC(C)(C)[C@H]1C=C2C(=O)[C@H]3O[C@H]3[C@H](O)[C@H]2[C@@H]2[C@H]3O[C@H](C=C(C)C)[C@]21C(=O)[C@H]1O[C@@H]31.COC(C)(C)[C@H]1C=C2C(=O)[C@H]3O[C@H]3[C@H](O)[C@H]2[C@@H]2[C@H]3O[C@H](C=C(C)C)[C@]21C(=O)[C@H]1O[C@@H]31.COC(C)(C)[C@H]1C=C2C(=O)[C@H]3O[C@H]3[C@H](O)[C@H]2[C@@H]2[C@H]3O[C@H](C=C(C)C)[C@]21C(=O)[C@H]1O[C@@H]31. The van der Waals surface area contributed by atoms with Gasteiger partial charge in [0.1, 0.15) is 73.2 Å². The molecule has 0 radical (unpaired) electrons. The first kappa shape index (κ1) is 60.8. The first-order valence-corrected chi connectivity index (χ1v) is 32.4. The summed E-state index contributed by atoms with van der Waals surface area (Å²) in [5.41, 5.74) is -0.221. The third-order valence-corrected chi connectivity index (χ3v) is 25.1. The van der Waals surface area contributed by atoms with E-state index in [1.54, 1.807) is 21.3 Å². The van der Waals surface area contributed by atoms with Gasteiger partial charge in [0.15, 0.2) is 34.7 Å². The number of hydrogen-bond acceptors (Lipinski definition) is 21. The van der Waals surface area contributed by atoms with Gasteiger partial charge in [-0.1, -0.05) is 53.2 Å². The number of carbonyl (C=O) groups excluding carboxylic acids is 6. The lowest BCUT2D eigenvalue weighted by atomic mass is 9.46. The summed E-state index contributed by atoms with van der Waals surface area (Å²) in [4.78, 5) is 81.3. The van der Waals surface area contributed by atoms with E-state index in [0.29, 0.717) is 16.7 Å². The van der Waals surface area contributed by atoms with Crippen molar-refractivity contribution in [3.63, 3.8) is 0 Å². The van der Waals surface area contributed by atoms with Crippen LogP contribution < -0.4 is 0 Å². The van der Waals surface area contributed by atoms with E-state index in [4.69, 9.17) is 56.8 Å². The maximum atomic E-state index is 14.0. The third kappa shape index (κ3) is 7.62. The van der Waals surface area contributed by atoms with Crippen LogP contribution in [0.2, 0.25) is 0 Å². The summed E-state index contributed by atoms with van der Waals surface area (Å²) < 4.78 is 71.2. The number of aliphatic hydroxyl groups is 3. The Bertz CT molecular complexity index is 3100.